The number of hydrogen-bond acceptors (Lipinski definition) is 2. The number of nitrogens with zero attached hydrogens (tertiary/aromatic N) is 1. The Hall–Kier alpha value is -3.37. The van der Waals surface area contributed by atoms with E-state index in [1.165, 1.54) is 0 Å². The van der Waals surface area contributed by atoms with Gasteiger partial charge >= 0.3 is 11.1 Å². The van der Waals surface area contributed by atoms with Gasteiger partial charge in [-0.3, -0.25) is 4.52 Å². The molecule has 0 saturated carbocycles. The number of fused-ring (bicyclic) bond motifs is 3. The van der Waals surface area contributed by atoms with Gasteiger partial charge in [-0.15, -0.1) is 0 Å². The minimum absolute atomic E-state index is 0.423. The Morgan fingerprint density at radius 1 is 0.815 bits per heavy atom. The topological polar surface area (TPSA) is 50.1 Å². The summed E-state index contributed by atoms with van der Waals surface area (Å²) in [4.78, 5) is 12.6. The Morgan fingerprint density at radius 2 is 1.44 bits per heavy atom. The Kier molecular flexibility index (Phi) is 3.59. The molecule has 3 aromatic carbocycles. The minimum atomic E-state index is -0.423. The van der Waals surface area contributed by atoms with E-state index >= 15 is 0 Å². The molecule has 0 radical (unpaired) electrons. The van der Waals surface area contributed by atoms with Gasteiger partial charge in [-0.05, 0) is 33.0 Å². The van der Waals surface area contributed by atoms with Gasteiger partial charge in [-0.25, -0.2) is 4.79 Å². The molecule has 0 fully saturated rings. The fraction of sp³-hybridized carbons (Fsp3) is 0. The monoisotopic (exact) mass is 373 g/mol. The first-order valence-electron chi connectivity index (χ1n) is 8.53. The molecule has 0 spiro atoms. The highest BCUT2D eigenvalue weighted by molar-refractivity contribution is 6.31. The fourth-order valence-corrected chi connectivity index (χ4v) is 3.77. The molecular weight excluding hydrogens is 360 g/mol. The predicted molar refractivity (Wildman–Crippen MR) is 106 cm³/mol. The molecule has 0 bridgehead atoms. The van der Waals surface area contributed by atoms with Crippen LogP contribution in [-0.4, -0.2) is 5.27 Å². The van der Waals surface area contributed by atoms with Crippen LogP contribution in [0.2, 0.25) is 5.02 Å². The number of benzene rings is 3. The molecule has 0 atom stereocenters. The molecule has 5 heteroatoms. The van der Waals surface area contributed by atoms with Gasteiger partial charge in [0.25, 0.3) is 0 Å². The van der Waals surface area contributed by atoms with E-state index in [2.05, 4.69) is 5.27 Å². The van der Waals surface area contributed by atoms with Crippen LogP contribution in [0.1, 0.15) is 0 Å². The first-order chi connectivity index (χ1) is 13.2. The highest BCUT2D eigenvalue weighted by Gasteiger charge is 2.28. The third kappa shape index (κ3) is 2.46. The summed E-state index contributed by atoms with van der Waals surface area (Å²) in [6.07, 6.45) is 0. The Balaban J connectivity index is 2.09. The van der Waals surface area contributed by atoms with Crippen LogP contribution in [-0.2, 0) is 0 Å². The zero-order chi connectivity index (χ0) is 18.4. The summed E-state index contributed by atoms with van der Waals surface area (Å²) >= 11 is 6.25. The number of pyridine rings is 1. The summed E-state index contributed by atoms with van der Waals surface area (Å²) in [5.74, 6) is 0. The molecule has 2 heterocycles. The lowest BCUT2D eigenvalue weighted by Crippen LogP contribution is -2.27. The summed E-state index contributed by atoms with van der Waals surface area (Å²) in [6, 6.07) is 25.6. The molecule has 0 aliphatic heterocycles. The smallest absolute Gasteiger partial charge is 0.282 e. The van der Waals surface area contributed by atoms with Gasteiger partial charge in [0, 0.05) is 16.7 Å². The molecule has 0 unspecified atom stereocenters. The van der Waals surface area contributed by atoms with Crippen molar-refractivity contribution in [3.05, 3.63) is 94.3 Å². The molecule has 0 aliphatic rings. The molecule has 5 rings (SSSR count). The molecule has 0 saturated heterocycles. The fourth-order valence-electron chi connectivity index (χ4n) is 3.60. The lowest BCUT2D eigenvalue weighted by atomic mass is 9.91. The number of aromatic nitrogens is 2. The number of rotatable bonds is 2. The molecule has 27 heavy (non-hydrogen) atoms. The largest absolute Gasteiger partial charge is 0.435 e. The lowest BCUT2D eigenvalue weighted by Gasteiger charge is -2.11. The number of halogens is 1. The number of hydrogen-bond donors (Lipinski definition) is 1. The van der Waals surface area contributed by atoms with Gasteiger partial charge in [-0.1, -0.05) is 72.3 Å². The van der Waals surface area contributed by atoms with E-state index in [1.54, 1.807) is 4.52 Å². The zero-order valence-corrected chi connectivity index (χ0v) is 14.9. The summed E-state index contributed by atoms with van der Waals surface area (Å²) < 4.78 is 6.82. The van der Waals surface area contributed by atoms with Crippen molar-refractivity contribution < 1.29 is 9.04 Å². The van der Waals surface area contributed by atoms with Crippen LogP contribution in [0.25, 0.3) is 38.7 Å². The number of aromatic amines is 1. The van der Waals surface area contributed by atoms with Crippen molar-refractivity contribution in [1.82, 2.24) is 5.27 Å². The van der Waals surface area contributed by atoms with Crippen molar-refractivity contribution in [2.45, 2.75) is 0 Å². The number of nitrogens with one attached hydrogen (secondary N) is 1. The van der Waals surface area contributed by atoms with Crippen molar-refractivity contribution >= 4 is 28.0 Å². The molecule has 130 valence electrons. The minimum Gasteiger partial charge on any atom is -0.282 e. The van der Waals surface area contributed by atoms with E-state index in [9.17, 15) is 4.79 Å². The van der Waals surface area contributed by atoms with Crippen LogP contribution in [0.15, 0.2) is 88.2 Å². The summed E-state index contributed by atoms with van der Waals surface area (Å²) in [5.41, 5.74) is 4.57. The van der Waals surface area contributed by atoms with Crippen molar-refractivity contribution in [2.24, 2.45) is 0 Å². The molecule has 5 aromatic rings. The summed E-state index contributed by atoms with van der Waals surface area (Å²) in [5, 5.41) is 4.28. The van der Waals surface area contributed by atoms with Crippen molar-refractivity contribution in [2.75, 3.05) is 0 Å². The molecule has 4 nitrogen and oxygen atoms in total. The van der Waals surface area contributed by atoms with Crippen LogP contribution in [0, 0.1) is 0 Å². The molecule has 2 aromatic heterocycles. The molecule has 0 amide bonds. The average molecular weight is 374 g/mol. The van der Waals surface area contributed by atoms with Gasteiger partial charge in [0.2, 0.25) is 5.52 Å². The number of H-pyrrole nitrogens is 1. The second kappa shape index (κ2) is 6.11. The first-order valence-corrected chi connectivity index (χ1v) is 8.91. The lowest BCUT2D eigenvalue weighted by molar-refractivity contribution is -0.567. The second-order valence-electron chi connectivity index (χ2n) is 6.31. The molecule has 0 aliphatic carbocycles. The zero-order valence-electron chi connectivity index (χ0n) is 14.1. The predicted octanol–water partition coefficient (Wildman–Crippen LogP) is 4.85. The molecular formula is C22H14ClN2O2+. The summed E-state index contributed by atoms with van der Waals surface area (Å²) in [6.45, 7) is 0. The van der Waals surface area contributed by atoms with Crippen LogP contribution < -0.4 is 10.1 Å². The standard InChI is InChI=1S/C22H13ClN2O2/c23-16-11-12-17-18(13-16)25-21(22(26)27-24-25)20(15-9-5-2-6-10-15)19(17)14-7-3-1-4-8-14/h1-13H/p+1. The summed E-state index contributed by atoms with van der Waals surface area (Å²) in [7, 11) is 0. The van der Waals surface area contributed by atoms with Crippen LogP contribution in [0.5, 0.6) is 0 Å². The maximum Gasteiger partial charge on any atom is 0.435 e. The quantitative estimate of drug-likeness (QED) is 0.450. The Bertz CT molecular complexity index is 1340. The average Bonchev–Trinajstić information content (AvgIpc) is 3.10. The van der Waals surface area contributed by atoms with Gasteiger partial charge in [-0.2, -0.15) is 0 Å². The highest BCUT2D eigenvalue weighted by atomic mass is 35.5. The first kappa shape index (κ1) is 15.9. The Labute approximate surface area is 159 Å². The van der Waals surface area contributed by atoms with E-state index in [4.69, 9.17) is 16.1 Å². The third-order valence-corrected chi connectivity index (χ3v) is 4.96. The van der Waals surface area contributed by atoms with E-state index in [-0.39, 0.29) is 0 Å². The SMILES string of the molecule is O=c1o[nH][n+]2c1c(-c1ccccc1)c(-c1ccccc1)c1ccc(Cl)cc12. The van der Waals surface area contributed by atoms with Gasteiger partial charge in [0.1, 0.15) is 0 Å². The van der Waals surface area contributed by atoms with E-state index in [0.717, 1.165) is 33.2 Å². The van der Waals surface area contributed by atoms with Crippen LogP contribution >= 0.6 is 11.6 Å². The second-order valence-corrected chi connectivity index (χ2v) is 6.74. The van der Waals surface area contributed by atoms with Gasteiger partial charge in [0.05, 0.1) is 10.9 Å². The maximum absolute atomic E-state index is 12.6. The van der Waals surface area contributed by atoms with E-state index < -0.39 is 5.63 Å². The van der Waals surface area contributed by atoms with Crippen molar-refractivity contribution in [3.8, 4) is 22.3 Å². The van der Waals surface area contributed by atoms with E-state index in [1.807, 2.05) is 78.9 Å². The normalized spacial score (nSPS) is 11.3. The van der Waals surface area contributed by atoms with Crippen molar-refractivity contribution in [3.63, 3.8) is 0 Å². The van der Waals surface area contributed by atoms with Crippen LogP contribution in [0.3, 0.4) is 0 Å². The highest BCUT2D eigenvalue weighted by Crippen LogP contribution is 2.38. The third-order valence-electron chi connectivity index (χ3n) is 4.73. The van der Waals surface area contributed by atoms with E-state index in [0.29, 0.717) is 10.5 Å². The van der Waals surface area contributed by atoms with Gasteiger partial charge < -0.3 is 0 Å². The molecule has 1 N–H and O–H groups in total. The van der Waals surface area contributed by atoms with Crippen molar-refractivity contribution in [1.29, 1.82) is 0 Å². The van der Waals surface area contributed by atoms with Crippen LogP contribution in [0.4, 0.5) is 0 Å². The Morgan fingerprint density at radius 3 is 2.11 bits per heavy atom. The maximum atomic E-state index is 12.6. The van der Waals surface area contributed by atoms with Gasteiger partial charge in [0.15, 0.2) is 0 Å².